The Hall–Kier alpha value is -0.410. The van der Waals surface area contributed by atoms with E-state index in [9.17, 15) is 4.39 Å². The van der Waals surface area contributed by atoms with Crippen LogP contribution in [-0.4, -0.2) is 6.04 Å². The minimum Gasteiger partial charge on any atom is -0.327 e. The molecule has 1 saturated carbocycles. The Kier molecular flexibility index (Phi) is 3.11. The fourth-order valence-electron chi connectivity index (χ4n) is 2.45. The van der Waals surface area contributed by atoms with E-state index < -0.39 is 5.67 Å². The van der Waals surface area contributed by atoms with Crippen LogP contribution in [0.4, 0.5) is 4.39 Å². The van der Waals surface area contributed by atoms with Crippen molar-refractivity contribution in [3.8, 4) is 0 Å². The molecule has 0 aromatic heterocycles. The van der Waals surface area contributed by atoms with Crippen LogP contribution in [0, 0.1) is 0 Å². The first kappa shape index (κ1) is 13.0. The highest BCUT2D eigenvalue weighted by molar-refractivity contribution is 9.10. The molecule has 1 aromatic rings. The van der Waals surface area contributed by atoms with E-state index in [1.807, 2.05) is 25.1 Å². The number of rotatable bonds is 3. The van der Waals surface area contributed by atoms with E-state index in [1.54, 1.807) is 13.8 Å². The molecule has 0 heterocycles. The van der Waals surface area contributed by atoms with Gasteiger partial charge in [-0.05, 0) is 45.2 Å². The highest BCUT2D eigenvalue weighted by Crippen LogP contribution is 2.51. The maximum Gasteiger partial charge on any atom is 0.131 e. The summed E-state index contributed by atoms with van der Waals surface area (Å²) in [6.07, 6.45) is 2.27. The lowest BCUT2D eigenvalue weighted by molar-refractivity contribution is 0.220. The minimum absolute atomic E-state index is 0.126. The molecule has 0 radical (unpaired) electrons. The molecule has 0 saturated heterocycles. The van der Waals surface area contributed by atoms with Gasteiger partial charge in [-0.25, -0.2) is 4.39 Å². The van der Waals surface area contributed by atoms with Crippen molar-refractivity contribution in [3.05, 3.63) is 33.8 Å². The summed E-state index contributed by atoms with van der Waals surface area (Å²) in [6.45, 7) is 5.20. The van der Waals surface area contributed by atoms with Gasteiger partial charge in [0.15, 0.2) is 0 Å². The van der Waals surface area contributed by atoms with E-state index in [4.69, 9.17) is 5.73 Å². The van der Waals surface area contributed by atoms with Gasteiger partial charge >= 0.3 is 0 Å². The van der Waals surface area contributed by atoms with Gasteiger partial charge in [0, 0.05) is 21.5 Å². The summed E-state index contributed by atoms with van der Waals surface area (Å²) in [5.41, 5.74) is 6.78. The highest BCUT2D eigenvalue weighted by Gasteiger charge is 2.47. The molecule has 1 aromatic carbocycles. The monoisotopic (exact) mass is 299 g/mol. The van der Waals surface area contributed by atoms with Crippen LogP contribution in [0.2, 0.25) is 0 Å². The Bertz CT molecular complexity index is 430. The Morgan fingerprint density at radius 1 is 1.41 bits per heavy atom. The quantitative estimate of drug-likeness (QED) is 0.896. The lowest BCUT2D eigenvalue weighted by Gasteiger charge is -2.23. The van der Waals surface area contributed by atoms with E-state index >= 15 is 0 Å². The molecule has 17 heavy (non-hydrogen) atoms. The normalized spacial score (nSPS) is 20.1. The second kappa shape index (κ2) is 4.06. The van der Waals surface area contributed by atoms with Crippen LogP contribution in [0.25, 0.3) is 0 Å². The summed E-state index contributed by atoms with van der Waals surface area (Å²) in [6, 6.07) is 6.09. The molecule has 0 spiro atoms. The van der Waals surface area contributed by atoms with Crippen molar-refractivity contribution in [3.63, 3.8) is 0 Å². The molecule has 1 nitrogen and oxygen atoms in total. The lowest BCUT2D eigenvalue weighted by atomic mass is 9.87. The third-order valence-corrected chi connectivity index (χ3v) is 4.50. The molecule has 0 bridgehead atoms. The first-order chi connectivity index (χ1) is 7.77. The van der Waals surface area contributed by atoms with Crippen molar-refractivity contribution in [2.75, 3.05) is 0 Å². The van der Waals surface area contributed by atoms with Gasteiger partial charge in [0.1, 0.15) is 5.67 Å². The second-order valence-electron chi connectivity index (χ2n) is 5.61. The van der Waals surface area contributed by atoms with Crippen LogP contribution < -0.4 is 5.73 Å². The minimum atomic E-state index is -1.32. The summed E-state index contributed by atoms with van der Waals surface area (Å²) in [7, 11) is 0. The maximum absolute atomic E-state index is 13.9. The van der Waals surface area contributed by atoms with Crippen molar-refractivity contribution in [2.45, 2.75) is 50.7 Å². The fourth-order valence-corrected chi connectivity index (χ4v) is 3.30. The number of nitrogens with two attached hydrogens (primary N) is 1. The number of benzene rings is 1. The Morgan fingerprint density at radius 3 is 2.35 bits per heavy atom. The molecule has 0 amide bonds. The molecular formula is C14H19BrFN. The lowest BCUT2D eigenvalue weighted by Crippen LogP contribution is -2.31. The summed E-state index contributed by atoms with van der Waals surface area (Å²) in [4.78, 5) is 0. The first-order valence-electron chi connectivity index (χ1n) is 6.02. The highest BCUT2D eigenvalue weighted by atomic mass is 79.9. The second-order valence-corrected chi connectivity index (χ2v) is 6.47. The first-order valence-corrected chi connectivity index (χ1v) is 6.82. The molecule has 3 heteroatoms. The third kappa shape index (κ3) is 2.27. The standard InChI is InChI=1S/C14H19BrFN/c1-9(17)14(6-7-14)10-4-5-11(12(15)8-10)13(2,3)16/h4-5,8-9H,6-7,17H2,1-3H3. The van der Waals surface area contributed by atoms with Gasteiger partial charge < -0.3 is 5.73 Å². The number of hydrogen-bond donors (Lipinski definition) is 1. The van der Waals surface area contributed by atoms with Crippen LogP contribution in [-0.2, 0) is 11.1 Å². The number of hydrogen-bond acceptors (Lipinski definition) is 1. The van der Waals surface area contributed by atoms with Gasteiger partial charge in [-0.1, -0.05) is 28.1 Å². The van der Waals surface area contributed by atoms with Gasteiger partial charge in [0.25, 0.3) is 0 Å². The molecular weight excluding hydrogens is 281 g/mol. The Morgan fingerprint density at radius 2 is 2.00 bits per heavy atom. The maximum atomic E-state index is 13.9. The summed E-state index contributed by atoms with van der Waals surface area (Å²) in [5, 5.41) is 0. The van der Waals surface area contributed by atoms with Crippen molar-refractivity contribution in [2.24, 2.45) is 5.73 Å². The zero-order valence-electron chi connectivity index (χ0n) is 10.6. The molecule has 1 aliphatic carbocycles. The van der Waals surface area contributed by atoms with E-state index in [0.29, 0.717) is 5.56 Å². The predicted molar refractivity (Wildman–Crippen MR) is 72.8 cm³/mol. The molecule has 2 N–H and O–H groups in total. The van der Waals surface area contributed by atoms with Crippen LogP contribution in [0.3, 0.4) is 0 Å². The molecule has 1 atom stereocenters. The van der Waals surface area contributed by atoms with E-state index in [1.165, 1.54) is 5.56 Å². The molecule has 1 aliphatic rings. The summed E-state index contributed by atoms with van der Waals surface area (Å²) in [5.74, 6) is 0. The van der Waals surface area contributed by atoms with Crippen molar-refractivity contribution < 1.29 is 4.39 Å². The topological polar surface area (TPSA) is 26.0 Å². The van der Waals surface area contributed by atoms with Crippen LogP contribution in [0.15, 0.2) is 22.7 Å². The molecule has 2 rings (SSSR count). The van der Waals surface area contributed by atoms with Gasteiger partial charge in [-0.3, -0.25) is 0 Å². The van der Waals surface area contributed by atoms with Crippen molar-refractivity contribution in [1.29, 1.82) is 0 Å². The van der Waals surface area contributed by atoms with E-state index in [-0.39, 0.29) is 11.5 Å². The molecule has 1 fully saturated rings. The zero-order chi connectivity index (χ0) is 12.8. The average Bonchev–Trinajstić information content (AvgIpc) is 2.95. The van der Waals surface area contributed by atoms with Crippen LogP contribution in [0.5, 0.6) is 0 Å². The molecule has 0 aliphatic heterocycles. The smallest absolute Gasteiger partial charge is 0.131 e. The van der Waals surface area contributed by atoms with Gasteiger partial charge in [0.2, 0.25) is 0 Å². The SMILES string of the molecule is CC(N)C1(c2ccc(C(C)(C)F)c(Br)c2)CC1. The Balaban J connectivity index is 2.39. The number of alkyl halides is 1. The van der Waals surface area contributed by atoms with Crippen molar-refractivity contribution in [1.82, 2.24) is 0 Å². The summed E-state index contributed by atoms with van der Waals surface area (Å²) >= 11 is 3.47. The van der Waals surface area contributed by atoms with Crippen LogP contribution >= 0.6 is 15.9 Å². The summed E-state index contributed by atoms with van der Waals surface area (Å²) < 4.78 is 14.8. The van der Waals surface area contributed by atoms with Gasteiger partial charge in [0.05, 0.1) is 0 Å². The zero-order valence-corrected chi connectivity index (χ0v) is 12.1. The fraction of sp³-hybridized carbons (Fsp3) is 0.571. The van der Waals surface area contributed by atoms with Gasteiger partial charge in [-0.15, -0.1) is 0 Å². The molecule has 94 valence electrons. The predicted octanol–water partition coefficient (Wildman–Crippen LogP) is 4.03. The molecule has 1 unspecified atom stereocenters. The average molecular weight is 300 g/mol. The Labute approximate surface area is 111 Å². The van der Waals surface area contributed by atoms with Crippen LogP contribution in [0.1, 0.15) is 44.7 Å². The van der Waals surface area contributed by atoms with Crippen molar-refractivity contribution >= 4 is 15.9 Å². The third-order valence-electron chi connectivity index (χ3n) is 3.84. The van der Waals surface area contributed by atoms with Gasteiger partial charge in [-0.2, -0.15) is 0 Å². The van der Waals surface area contributed by atoms with E-state index in [2.05, 4.69) is 15.9 Å². The number of halogens is 2. The largest absolute Gasteiger partial charge is 0.327 e. The van der Waals surface area contributed by atoms with E-state index in [0.717, 1.165) is 17.3 Å².